The number of aryl methyl sites for hydroxylation is 1. The van der Waals surface area contributed by atoms with Crippen LogP contribution in [0.5, 0.6) is 0 Å². The average Bonchev–Trinajstić information content (AvgIpc) is 3.28. The van der Waals surface area contributed by atoms with Gasteiger partial charge >= 0.3 is 0 Å². The van der Waals surface area contributed by atoms with Crippen molar-refractivity contribution in [1.29, 1.82) is 0 Å². The highest BCUT2D eigenvalue weighted by atomic mass is 16.5. The van der Waals surface area contributed by atoms with Gasteiger partial charge in [-0.1, -0.05) is 25.4 Å². The summed E-state index contributed by atoms with van der Waals surface area (Å²) in [6, 6.07) is 2.63. The number of tetrazole rings is 1. The maximum absolute atomic E-state index is 5.80. The lowest BCUT2D eigenvalue weighted by molar-refractivity contribution is 0.134. The van der Waals surface area contributed by atoms with Crippen LogP contribution in [0.2, 0.25) is 0 Å². The van der Waals surface area contributed by atoms with Crippen LogP contribution < -0.4 is 9.80 Å². The van der Waals surface area contributed by atoms with Gasteiger partial charge in [0.1, 0.15) is 0 Å². The van der Waals surface area contributed by atoms with Crippen LogP contribution in [-0.4, -0.2) is 40.3 Å². The van der Waals surface area contributed by atoms with Crippen LogP contribution in [0.3, 0.4) is 0 Å². The molecule has 0 N–H and O–H groups in total. The lowest BCUT2D eigenvalue weighted by Gasteiger charge is -2.33. The van der Waals surface area contributed by atoms with Crippen molar-refractivity contribution >= 4 is 11.6 Å². The summed E-state index contributed by atoms with van der Waals surface area (Å²) in [7, 11) is 3.91. The van der Waals surface area contributed by atoms with Crippen molar-refractivity contribution in [2.24, 2.45) is 13.0 Å². The molecule has 2 unspecified atom stereocenters. The standard InChI is InChI=1S/C21H32N6O/c1-6-14(2)11-27-9-7-8-19(25(4)21-22-24-26(5)23-21)17-10-16-12-28-13-18(16)15(3)20(17)27/h10,14,19H,6-9,11-13H2,1-5H3. The lowest BCUT2D eigenvalue weighted by Crippen LogP contribution is -2.30. The summed E-state index contributed by atoms with van der Waals surface area (Å²) in [5, 5.41) is 12.7. The molecule has 3 heterocycles. The molecule has 7 heteroatoms. The molecule has 0 fully saturated rings. The van der Waals surface area contributed by atoms with E-state index >= 15 is 0 Å². The summed E-state index contributed by atoms with van der Waals surface area (Å²) in [4.78, 5) is 6.34. The molecular weight excluding hydrogens is 352 g/mol. The van der Waals surface area contributed by atoms with Crippen molar-refractivity contribution in [2.45, 2.75) is 59.3 Å². The zero-order chi connectivity index (χ0) is 19.8. The highest BCUT2D eigenvalue weighted by Gasteiger charge is 2.32. The third kappa shape index (κ3) is 3.36. The quantitative estimate of drug-likeness (QED) is 0.788. The van der Waals surface area contributed by atoms with Gasteiger partial charge in [-0.25, -0.2) is 0 Å². The molecule has 0 bridgehead atoms. The van der Waals surface area contributed by atoms with Gasteiger partial charge in [0.15, 0.2) is 0 Å². The Hall–Kier alpha value is -2.15. The zero-order valence-corrected chi connectivity index (χ0v) is 17.8. The number of hydrogen-bond donors (Lipinski definition) is 0. The van der Waals surface area contributed by atoms with Crippen LogP contribution in [0, 0.1) is 12.8 Å². The van der Waals surface area contributed by atoms with E-state index in [9.17, 15) is 0 Å². The minimum atomic E-state index is 0.241. The van der Waals surface area contributed by atoms with Crippen molar-refractivity contribution in [1.82, 2.24) is 20.2 Å². The maximum Gasteiger partial charge on any atom is 0.266 e. The number of benzene rings is 1. The van der Waals surface area contributed by atoms with Gasteiger partial charge in [0.05, 0.1) is 26.3 Å². The Morgan fingerprint density at radius 2 is 2.18 bits per heavy atom. The van der Waals surface area contributed by atoms with Gasteiger partial charge in [-0.2, -0.15) is 4.80 Å². The Morgan fingerprint density at radius 3 is 2.89 bits per heavy atom. The molecule has 1 aromatic carbocycles. The second kappa shape index (κ2) is 7.70. The smallest absolute Gasteiger partial charge is 0.266 e. The molecule has 1 aromatic heterocycles. The van der Waals surface area contributed by atoms with Gasteiger partial charge < -0.3 is 14.5 Å². The van der Waals surface area contributed by atoms with E-state index in [0.29, 0.717) is 18.5 Å². The fourth-order valence-electron chi connectivity index (χ4n) is 4.60. The topological polar surface area (TPSA) is 59.3 Å². The largest absolute Gasteiger partial charge is 0.372 e. The monoisotopic (exact) mass is 384 g/mol. The van der Waals surface area contributed by atoms with Gasteiger partial charge in [-0.3, -0.25) is 0 Å². The van der Waals surface area contributed by atoms with Crippen molar-refractivity contribution in [2.75, 3.05) is 29.9 Å². The number of aromatic nitrogens is 4. The molecule has 28 heavy (non-hydrogen) atoms. The van der Waals surface area contributed by atoms with Crippen molar-refractivity contribution < 1.29 is 4.74 Å². The Balaban J connectivity index is 1.80. The van der Waals surface area contributed by atoms with Crippen molar-refractivity contribution in [3.05, 3.63) is 28.3 Å². The number of fused-ring (bicyclic) bond motifs is 2. The van der Waals surface area contributed by atoms with Crippen molar-refractivity contribution in [3.8, 4) is 0 Å². The summed E-state index contributed by atoms with van der Waals surface area (Å²) < 4.78 is 5.80. The van der Waals surface area contributed by atoms with E-state index in [4.69, 9.17) is 4.74 Å². The minimum Gasteiger partial charge on any atom is -0.372 e. The number of hydrogen-bond acceptors (Lipinski definition) is 6. The molecule has 152 valence electrons. The fourth-order valence-corrected chi connectivity index (χ4v) is 4.60. The number of nitrogens with zero attached hydrogens (tertiary/aromatic N) is 6. The fraction of sp³-hybridized carbons (Fsp3) is 0.667. The minimum absolute atomic E-state index is 0.241. The first-order valence-corrected chi connectivity index (χ1v) is 10.4. The summed E-state index contributed by atoms with van der Waals surface area (Å²) >= 11 is 0. The van der Waals surface area contributed by atoms with E-state index < -0.39 is 0 Å². The molecule has 0 aliphatic carbocycles. The first-order valence-electron chi connectivity index (χ1n) is 10.4. The molecule has 2 aromatic rings. The normalized spacial score (nSPS) is 19.9. The molecule has 0 saturated heterocycles. The number of anilines is 2. The molecule has 2 atom stereocenters. The van der Waals surface area contributed by atoms with Crippen LogP contribution in [0.4, 0.5) is 11.6 Å². The van der Waals surface area contributed by atoms with Gasteiger partial charge in [0, 0.05) is 25.8 Å². The third-order valence-electron chi connectivity index (χ3n) is 6.39. The summed E-state index contributed by atoms with van der Waals surface area (Å²) in [6.45, 7) is 10.6. The van der Waals surface area contributed by atoms with E-state index in [-0.39, 0.29) is 6.04 Å². The first kappa shape index (κ1) is 19.2. The highest BCUT2D eigenvalue weighted by molar-refractivity contribution is 5.67. The van der Waals surface area contributed by atoms with Crippen LogP contribution in [0.1, 0.15) is 61.4 Å². The predicted molar refractivity (Wildman–Crippen MR) is 111 cm³/mol. The van der Waals surface area contributed by atoms with Gasteiger partial charge in [-0.15, -0.1) is 5.10 Å². The maximum atomic E-state index is 5.80. The molecule has 2 aliphatic rings. The average molecular weight is 385 g/mol. The molecule has 0 radical (unpaired) electrons. The van der Waals surface area contributed by atoms with Gasteiger partial charge in [0.2, 0.25) is 0 Å². The highest BCUT2D eigenvalue weighted by Crippen LogP contribution is 2.43. The van der Waals surface area contributed by atoms with E-state index in [1.54, 1.807) is 0 Å². The van der Waals surface area contributed by atoms with Gasteiger partial charge in [-0.05, 0) is 59.2 Å². The van der Waals surface area contributed by atoms with Crippen LogP contribution in [-0.2, 0) is 25.0 Å². The number of rotatable bonds is 5. The first-order chi connectivity index (χ1) is 13.5. The van der Waals surface area contributed by atoms with Crippen LogP contribution in [0.25, 0.3) is 0 Å². The molecule has 0 spiro atoms. The van der Waals surface area contributed by atoms with Crippen LogP contribution >= 0.6 is 0 Å². The van der Waals surface area contributed by atoms with E-state index in [1.807, 2.05) is 7.05 Å². The van der Waals surface area contributed by atoms with Gasteiger partial charge in [0.25, 0.3) is 5.95 Å². The predicted octanol–water partition coefficient (Wildman–Crippen LogP) is 3.37. The molecular formula is C21H32N6O. The second-order valence-electron chi connectivity index (χ2n) is 8.38. The zero-order valence-electron chi connectivity index (χ0n) is 17.8. The molecule has 2 aliphatic heterocycles. The summed E-state index contributed by atoms with van der Waals surface area (Å²) in [6.07, 6.45) is 3.44. The second-order valence-corrected chi connectivity index (χ2v) is 8.38. The van der Waals surface area contributed by atoms with E-state index in [2.05, 4.69) is 59.1 Å². The Kier molecular flexibility index (Phi) is 5.27. The summed E-state index contributed by atoms with van der Waals surface area (Å²) in [5.41, 5.74) is 6.90. The summed E-state index contributed by atoms with van der Waals surface area (Å²) in [5.74, 6) is 1.36. The third-order valence-corrected chi connectivity index (χ3v) is 6.39. The molecule has 4 rings (SSSR count). The lowest BCUT2D eigenvalue weighted by atomic mass is 9.92. The van der Waals surface area contributed by atoms with E-state index in [1.165, 1.54) is 39.2 Å². The Bertz CT molecular complexity index is 848. The van der Waals surface area contributed by atoms with E-state index in [0.717, 1.165) is 32.5 Å². The Labute approximate surface area is 167 Å². The van der Waals surface area contributed by atoms with Crippen LogP contribution in [0.15, 0.2) is 6.07 Å². The van der Waals surface area contributed by atoms with Crippen molar-refractivity contribution in [3.63, 3.8) is 0 Å². The Morgan fingerprint density at radius 1 is 1.36 bits per heavy atom. The SMILES string of the molecule is CCC(C)CN1CCCC(N(C)c2nnn(C)n2)c2cc3c(c(C)c21)COC3. The molecule has 0 amide bonds. The molecule has 0 saturated carbocycles. The number of ether oxygens (including phenoxy) is 1. The molecule has 7 nitrogen and oxygen atoms in total.